The van der Waals surface area contributed by atoms with Gasteiger partial charge in [0.25, 0.3) is 0 Å². The van der Waals surface area contributed by atoms with Gasteiger partial charge >= 0.3 is 0 Å². The summed E-state index contributed by atoms with van der Waals surface area (Å²) < 4.78 is 0. The van der Waals surface area contributed by atoms with Gasteiger partial charge in [0, 0.05) is 13.6 Å². The molecule has 0 aliphatic carbocycles. The van der Waals surface area contributed by atoms with Gasteiger partial charge in [-0.15, -0.1) is 0 Å². The predicted molar refractivity (Wildman–Crippen MR) is 68.5 cm³/mol. The Morgan fingerprint density at radius 1 is 1.47 bits per heavy atom. The summed E-state index contributed by atoms with van der Waals surface area (Å²) >= 11 is 0. The van der Waals surface area contributed by atoms with Gasteiger partial charge in [0.15, 0.2) is 0 Å². The predicted octanol–water partition coefficient (Wildman–Crippen LogP) is 1.97. The molecule has 17 heavy (non-hydrogen) atoms. The van der Waals surface area contributed by atoms with Gasteiger partial charge in [0.2, 0.25) is 5.91 Å². The van der Waals surface area contributed by atoms with E-state index in [0.29, 0.717) is 13.0 Å². The Bertz CT molecular complexity index is 372. The summed E-state index contributed by atoms with van der Waals surface area (Å²) in [5.41, 5.74) is 2.31. The molecule has 94 valence electrons. The summed E-state index contributed by atoms with van der Waals surface area (Å²) in [7, 11) is 1.78. The van der Waals surface area contributed by atoms with Crippen LogP contribution in [0.5, 0.6) is 0 Å². The zero-order chi connectivity index (χ0) is 12.8. The van der Waals surface area contributed by atoms with Gasteiger partial charge in [-0.2, -0.15) is 0 Å². The maximum Gasteiger partial charge on any atom is 0.228 e. The largest absolute Gasteiger partial charge is 0.396 e. The van der Waals surface area contributed by atoms with Crippen LogP contribution >= 0.6 is 0 Å². The molecule has 1 aromatic rings. The number of amides is 1. The molecule has 1 atom stereocenters. The van der Waals surface area contributed by atoms with Crippen molar-refractivity contribution in [3.63, 3.8) is 0 Å². The Morgan fingerprint density at radius 2 is 2.18 bits per heavy atom. The lowest BCUT2D eigenvalue weighted by molar-refractivity contribution is -0.136. The summed E-state index contributed by atoms with van der Waals surface area (Å²) in [6.45, 7) is 4.47. The topological polar surface area (TPSA) is 40.5 Å². The van der Waals surface area contributed by atoms with Crippen LogP contribution in [0.1, 0.15) is 24.5 Å². The number of hydrogen-bond acceptors (Lipinski definition) is 2. The highest BCUT2D eigenvalue weighted by molar-refractivity contribution is 5.78. The van der Waals surface area contributed by atoms with E-state index in [1.807, 2.05) is 32.0 Å². The zero-order valence-corrected chi connectivity index (χ0v) is 10.8. The molecule has 0 aromatic heterocycles. The molecule has 1 aromatic carbocycles. The third-order valence-corrected chi connectivity index (χ3v) is 2.94. The Hall–Kier alpha value is -1.35. The summed E-state index contributed by atoms with van der Waals surface area (Å²) in [4.78, 5) is 13.6. The molecule has 3 nitrogen and oxygen atoms in total. The lowest BCUT2D eigenvalue weighted by Crippen LogP contribution is -2.33. The normalized spacial score (nSPS) is 12.2. The molecule has 0 aliphatic heterocycles. The third kappa shape index (κ3) is 3.86. The van der Waals surface area contributed by atoms with E-state index in [-0.39, 0.29) is 18.4 Å². The van der Waals surface area contributed by atoms with E-state index in [1.54, 1.807) is 11.9 Å². The number of hydrogen-bond donors (Lipinski definition) is 1. The van der Waals surface area contributed by atoms with Crippen LogP contribution in [0.4, 0.5) is 0 Å². The van der Waals surface area contributed by atoms with E-state index >= 15 is 0 Å². The van der Waals surface area contributed by atoms with E-state index in [9.17, 15) is 4.79 Å². The second-order valence-corrected chi connectivity index (χ2v) is 4.47. The van der Waals surface area contributed by atoms with E-state index < -0.39 is 0 Å². The van der Waals surface area contributed by atoms with Gasteiger partial charge in [0.1, 0.15) is 0 Å². The van der Waals surface area contributed by atoms with Crippen molar-refractivity contribution in [2.75, 3.05) is 13.7 Å². The van der Waals surface area contributed by atoms with Crippen molar-refractivity contribution in [3.05, 3.63) is 35.4 Å². The molecule has 0 heterocycles. The van der Waals surface area contributed by atoms with Crippen LogP contribution in [0.2, 0.25) is 0 Å². The summed E-state index contributed by atoms with van der Waals surface area (Å²) in [5, 5.41) is 9.11. The minimum absolute atomic E-state index is 0.0107. The van der Waals surface area contributed by atoms with Crippen molar-refractivity contribution in [1.82, 2.24) is 4.90 Å². The molecule has 1 rings (SSSR count). The molecule has 0 saturated carbocycles. The van der Waals surface area contributed by atoms with Crippen LogP contribution in [0.3, 0.4) is 0 Å². The highest BCUT2D eigenvalue weighted by atomic mass is 16.3. The number of rotatable bonds is 5. The number of benzene rings is 1. The molecule has 0 aliphatic rings. The fourth-order valence-electron chi connectivity index (χ4n) is 1.86. The average Bonchev–Trinajstić information content (AvgIpc) is 2.30. The van der Waals surface area contributed by atoms with E-state index in [0.717, 1.165) is 5.56 Å². The van der Waals surface area contributed by atoms with E-state index in [2.05, 4.69) is 6.07 Å². The highest BCUT2D eigenvalue weighted by Gasteiger charge is 2.19. The maximum atomic E-state index is 12.0. The highest BCUT2D eigenvalue weighted by Crippen LogP contribution is 2.11. The SMILES string of the molecule is CCC(CO)C(=O)N(C)Cc1cccc(C)c1. The Labute approximate surface area is 103 Å². The van der Waals surface area contributed by atoms with Gasteiger partial charge in [-0.25, -0.2) is 0 Å². The number of aryl methyl sites for hydroxylation is 1. The van der Waals surface area contributed by atoms with Gasteiger partial charge in [-0.3, -0.25) is 4.79 Å². The van der Waals surface area contributed by atoms with E-state index in [1.165, 1.54) is 5.56 Å². The molecular weight excluding hydrogens is 214 g/mol. The smallest absolute Gasteiger partial charge is 0.228 e. The van der Waals surface area contributed by atoms with Crippen LogP contribution in [0.25, 0.3) is 0 Å². The van der Waals surface area contributed by atoms with Crippen molar-refractivity contribution in [2.45, 2.75) is 26.8 Å². The van der Waals surface area contributed by atoms with Crippen LogP contribution in [-0.4, -0.2) is 29.6 Å². The molecule has 3 heteroatoms. The second-order valence-electron chi connectivity index (χ2n) is 4.47. The number of aliphatic hydroxyl groups is 1. The Balaban J connectivity index is 2.65. The Morgan fingerprint density at radius 3 is 2.71 bits per heavy atom. The lowest BCUT2D eigenvalue weighted by Gasteiger charge is -2.22. The van der Waals surface area contributed by atoms with Crippen molar-refractivity contribution in [3.8, 4) is 0 Å². The van der Waals surface area contributed by atoms with Crippen LogP contribution < -0.4 is 0 Å². The average molecular weight is 235 g/mol. The molecule has 0 saturated heterocycles. The molecule has 1 N–H and O–H groups in total. The molecular formula is C14H21NO2. The molecule has 1 unspecified atom stereocenters. The Kier molecular flexibility index (Phi) is 5.16. The minimum Gasteiger partial charge on any atom is -0.396 e. The van der Waals surface area contributed by atoms with Crippen LogP contribution in [0.15, 0.2) is 24.3 Å². The first-order valence-corrected chi connectivity index (χ1v) is 5.99. The van der Waals surface area contributed by atoms with Gasteiger partial charge < -0.3 is 10.0 Å². The standard InChI is InChI=1S/C14H21NO2/c1-4-13(10-16)14(17)15(3)9-12-7-5-6-11(2)8-12/h5-8,13,16H,4,9-10H2,1-3H3. The molecule has 1 amide bonds. The van der Waals surface area contributed by atoms with Crippen molar-refractivity contribution in [1.29, 1.82) is 0 Å². The minimum atomic E-state index is -0.273. The first-order chi connectivity index (χ1) is 8.08. The van der Waals surface area contributed by atoms with Gasteiger partial charge in [-0.1, -0.05) is 36.8 Å². The summed E-state index contributed by atoms with van der Waals surface area (Å²) in [6.07, 6.45) is 0.674. The third-order valence-electron chi connectivity index (χ3n) is 2.94. The number of aliphatic hydroxyl groups excluding tert-OH is 1. The molecule has 0 spiro atoms. The van der Waals surface area contributed by atoms with Gasteiger partial charge in [-0.05, 0) is 18.9 Å². The van der Waals surface area contributed by atoms with Crippen molar-refractivity contribution >= 4 is 5.91 Å². The van der Waals surface area contributed by atoms with Crippen molar-refractivity contribution in [2.24, 2.45) is 5.92 Å². The number of carbonyl (C=O) groups is 1. The fourth-order valence-corrected chi connectivity index (χ4v) is 1.86. The molecule has 0 fully saturated rings. The van der Waals surface area contributed by atoms with Gasteiger partial charge in [0.05, 0.1) is 12.5 Å². The van der Waals surface area contributed by atoms with E-state index in [4.69, 9.17) is 5.11 Å². The summed E-state index contributed by atoms with van der Waals surface area (Å²) in [5.74, 6) is -0.263. The fraction of sp³-hybridized carbons (Fsp3) is 0.500. The lowest BCUT2D eigenvalue weighted by atomic mass is 10.1. The maximum absolute atomic E-state index is 12.0. The van der Waals surface area contributed by atoms with Crippen LogP contribution in [0, 0.1) is 12.8 Å². The molecule has 0 radical (unpaired) electrons. The van der Waals surface area contributed by atoms with Crippen molar-refractivity contribution < 1.29 is 9.90 Å². The summed E-state index contributed by atoms with van der Waals surface area (Å²) in [6, 6.07) is 8.11. The quantitative estimate of drug-likeness (QED) is 0.847. The second kappa shape index (κ2) is 6.40. The number of nitrogens with zero attached hydrogens (tertiary/aromatic N) is 1. The van der Waals surface area contributed by atoms with Crippen LogP contribution in [-0.2, 0) is 11.3 Å². The first kappa shape index (κ1) is 13.7. The zero-order valence-electron chi connectivity index (χ0n) is 10.8. The number of carbonyl (C=O) groups excluding carboxylic acids is 1. The monoisotopic (exact) mass is 235 g/mol. The molecule has 0 bridgehead atoms. The first-order valence-electron chi connectivity index (χ1n) is 5.99.